The Kier molecular flexibility index (Phi) is 6.46. The molecule has 0 saturated carbocycles. The number of Topliss-reactive ketones (excluding diaryl/α,β-unsaturated/α-hetero) is 1. The van der Waals surface area contributed by atoms with E-state index in [0.29, 0.717) is 37.5 Å². The van der Waals surface area contributed by atoms with Gasteiger partial charge in [-0.1, -0.05) is 29.3 Å². The third kappa shape index (κ3) is 4.22. The zero-order valence-electron chi connectivity index (χ0n) is 17.4. The van der Waals surface area contributed by atoms with Gasteiger partial charge in [0.2, 0.25) is 5.95 Å². The van der Waals surface area contributed by atoms with E-state index in [0.717, 1.165) is 16.8 Å². The fourth-order valence-electron chi connectivity index (χ4n) is 3.68. The number of ketones is 1. The van der Waals surface area contributed by atoms with Crippen LogP contribution in [0.3, 0.4) is 0 Å². The van der Waals surface area contributed by atoms with Crippen LogP contribution in [-0.2, 0) is 11.4 Å². The van der Waals surface area contributed by atoms with E-state index in [1.807, 2.05) is 25.1 Å². The molecule has 10 heteroatoms. The van der Waals surface area contributed by atoms with Gasteiger partial charge in [0, 0.05) is 26.9 Å². The molecule has 0 radical (unpaired) electrons. The topological polar surface area (TPSA) is 78.3 Å². The number of fused-ring (bicyclic) bond motifs is 1. The van der Waals surface area contributed by atoms with E-state index in [1.165, 1.54) is 13.3 Å². The van der Waals surface area contributed by atoms with Crippen LogP contribution in [0.15, 0.2) is 52.4 Å². The van der Waals surface area contributed by atoms with E-state index in [2.05, 4.69) is 31.3 Å². The van der Waals surface area contributed by atoms with E-state index < -0.39 is 6.04 Å². The number of methoxy groups -OCH3 is 1. The summed E-state index contributed by atoms with van der Waals surface area (Å²) in [5.41, 5.74) is 2.91. The lowest BCUT2D eigenvalue weighted by Gasteiger charge is -2.28. The summed E-state index contributed by atoms with van der Waals surface area (Å²) in [5, 5.41) is 8.53. The summed E-state index contributed by atoms with van der Waals surface area (Å²) in [6.07, 6.45) is 1.45. The molecule has 3 aromatic rings. The first-order valence-corrected chi connectivity index (χ1v) is 11.2. The predicted octanol–water partition coefficient (Wildman–Crippen LogP) is 5.81. The summed E-state index contributed by atoms with van der Waals surface area (Å²) < 4.78 is 14.0. The maximum Gasteiger partial charge on any atom is 0.226 e. The van der Waals surface area contributed by atoms with E-state index in [1.54, 1.807) is 23.9 Å². The minimum absolute atomic E-state index is 0.0612. The molecule has 0 spiro atoms. The summed E-state index contributed by atoms with van der Waals surface area (Å²) >= 11 is 15.8. The standard InChI is InChI=1S/C22H19BrCl2N4O3/c1-11-19(12(2)30)20(29-22(28-11)26-10-27-29)14-6-16(23)21(18(7-14)31-3)32-9-13-4-5-15(24)8-17(13)25/h4-8,10,20H,9H2,1-3H3,(H,26,27,28). The van der Waals surface area contributed by atoms with Crippen molar-refractivity contribution in [3.8, 4) is 11.5 Å². The molecule has 1 aliphatic rings. The van der Waals surface area contributed by atoms with Gasteiger partial charge in [-0.3, -0.25) is 4.79 Å². The molecular formula is C22H19BrCl2N4O3. The number of nitrogens with one attached hydrogen (secondary N) is 1. The molecule has 1 unspecified atom stereocenters. The van der Waals surface area contributed by atoms with Gasteiger partial charge in [-0.2, -0.15) is 10.1 Å². The van der Waals surface area contributed by atoms with Crippen molar-refractivity contribution in [2.45, 2.75) is 26.5 Å². The molecule has 0 fully saturated rings. The quantitative estimate of drug-likeness (QED) is 0.427. The van der Waals surface area contributed by atoms with Crippen molar-refractivity contribution < 1.29 is 14.3 Å². The van der Waals surface area contributed by atoms with Gasteiger partial charge in [-0.25, -0.2) is 4.68 Å². The van der Waals surface area contributed by atoms with Crippen molar-refractivity contribution >= 4 is 50.9 Å². The lowest BCUT2D eigenvalue weighted by atomic mass is 9.93. The predicted molar refractivity (Wildman–Crippen MR) is 127 cm³/mol. The molecule has 0 saturated heterocycles. The van der Waals surface area contributed by atoms with Crippen LogP contribution in [0.1, 0.15) is 31.0 Å². The number of benzene rings is 2. The Bertz CT molecular complexity index is 1240. The van der Waals surface area contributed by atoms with Crippen LogP contribution in [-0.4, -0.2) is 27.7 Å². The molecule has 166 valence electrons. The molecule has 2 heterocycles. The first kappa shape index (κ1) is 22.6. The highest BCUT2D eigenvalue weighted by Gasteiger charge is 2.32. The van der Waals surface area contributed by atoms with Crippen LogP contribution in [0.2, 0.25) is 10.0 Å². The number of hydrogen-bond acceptors (Lipinski definition) is 6. The van der Waals surface area contributed by atoms with Crippen molar-refractivity contribution in [2.24, 2.45) is 0 Å². The molecule has 1 N–H and O–H groups in total. The Hall–Kier alpha value is -2.55. The summed E-state index contributed by atoms with van der Waals surface area (Å²) in [6, 6.07) is 8.50. The highest BCUT2D eigenvalue weighted by Crippen LogP contribution is 2.43. The number of hydrogen-bond donors (Lipinski definition) is 1. The molecule has 1 aliphatic heterocycles. The van der Waals surface area contributed by atoms with Crippen LogP contribution >= 0.6 is 39.1 Å². The summed E-state index contributed by atoms with van der Waals surface area (Å²) in [6.45, 7) is 3.61. The summed E-state index contributed by atoms with van der Waals surface area (Å²) in [5.74, 6) is 1.51. The SMILES string of the molecule is COc1cc(C2C(C(C)=O)=C(C)Nc3ncnn32)cc(Br)c1OCc1ccc(Cl)cc1Cl. The minimum atomic E-state index is -0.462. The maximum absolute atomic E-state index is 12.5. The third-order valence-corrected chi connectivity index (χ3v) is 6.30. The Morgan fingerprint density at radius 1 is 1.28 bits per heavy atom. The van der Waals surface area contributed by atoms with Crippen LogP contribution in [0.25, 0.3) is 0 Å². The van der Waals surface area contributed by atoms with Gasteiger partial charge >= 0.3 is 0 Å². The molecule has 1 aromatic heterocycles. The average Bonchev–Trinajstić information content (AvgIpc) is 3.20. The molecular weight excluding hydrogens is 519 g/mol. The second kappa shape index (κ2) is 9.13. The van der Waals surface area contributed by atoms with Crippen molar-refractivity contribution in [2.75, 3.05) is 12.4 Å². The fourth-order valence-corrected chi connectivity index (χ4v) is 4.72. The van der Waals surface area contributed by atoms with E-state index >= 15 is 0 Å². The molecule has 32 heavy (non-hydrogen) atoms. The lowest BCUT2D eigenvalue weighted by molar-refractivity contribution is -0.114. The minimum Gasteiger partial charge on any atom is -0.493 e. The van der Waals surface area contributed by atoms with Gasteiger partial charge in [0.15, 0.2) is 17.3 Å². The largest absolute Gasteiger partial charge is 0.493 e. The second-order valence-electron chi connectivity index (χ2n) is 7.21. The van der Waals surface area contributed by atoms with E-state index in [4.69, 9.17) is 32.7 Å². The van der Waals surface area contributed by atoms with Crippen molar-refractivity contribution in [1.29, 1.82) is 0 Å². The Morgan fingerprint density at radius 3 is 2.75 bits per heavy atom. The summed E-state index contributed by atoms with van der Waals surface area (Å²) in [7, 11) is 1.56. The van der Waals surface area contributed by atoms with Crippen LogP contribution in [0.4, 0.5) is 5.95 Å². The molecule has 0 bridgehead atoms. The molecule has 0 aliphatic carbocycles. The first-order chi connectivity index (χ1) is 15.3. The van der Waals surface area contributed by atoms with Crippen LogP contribution < -0.4 is 14.8 Å². The number of halogens is 3. The highest BCUT2D eigenvalue weighted by molar-refractivity contribution is 9.10. The highest BCUT2D eigenvalue weighted by atomic mass is 79.9. The van der Waals surface area contributed by atoms with Crippen LogP contribution in [0.5, 0.6) is 11.5 Å². The molecule has 0 amide bonds. The van der Waals surface area contributed by atoms with Gasteiger partial charge in [-0.05, 0) is 59.6 Å². The average molecular weight is 538 g/mol. The Balaban J connectivity index is 1.73. The van der Waals surface area contributed by atoms with Gasteiger partial charge in [0.1, 0.15) is 19.0 Å². The first-order valence-electron chi connectivity index (χ1n) is 9.62. The normalized spacial score (nSPS) is 15.2. The number of rotatable bonds is 6. The Labute approximate surface area is 203 Å². The third-order valence-electron chi connectivity index (χ3n) is 5.13. The number of carbonyl (C=O) groups excluding carboxylic acids is 1. The molecule has 4 rings (SSSR count). The number of nitrogens with zero attached hydrogens (tertiary/aromatic N) is 3. The van der Waals surface area contributed by atoms with Gasteiger partial charge in [-0.15, -0.1) is 0 Å². The number of carbonyl (C=O) groups is 1. The summed E-state index contributed by atoms with van der Waals surface area (Å²) in [4.78, 5) is 16.7. The molecule has 2 aromatic carbocycles. The van der Waals surface area contributed by atoms with Crippen LogP contribution in [0, 0.1) is 0 Å². The Morgan fingerprint density at radius 2 is 2.06 bits per heavy atom. The van der Waals surface area contributed by atoms with Gasteiger partial charge in [0.25, 0.3) is 0 Å². The van der Waals surface area contributed by atoms with Gasteiger partial charge in [0.05, 0.1) is 11.6 Å². The van der Waals surface area contributed by atoms with E-state index in [9.17, 15) is 4.79 Å². The van der Waals surface area contributed by atoms with E-state index in [-0.39, 0.29) is 12.4 Å². The number of aromatic nitrogens is 3. The zero-order valence-corrected chi connectivity index (χ0v) is 20.5. The van der Waals surface area contributed by atoms with Crippen molar-refractivity contribution in [1.82, 2.24) is 14.8 Å². The smallest absolute Gasteiger partial charge is 0.226 e. The molecule has 1 atom stereocenters. The van der Waals surface area contributed by atoms with Gasteiger partial charge < -0.3 is 14.8 Å². The fraction of sp³-hybridized carbons (Fsp3) is 0.227. The maximum atomic E-state index is 12.5. The van der Waals surface area contributed by atoms with Crippen molar-refractivity contribution in [3.63, 3.8) is 0 Å². The van der Waals surface area contributed by atoms with Crippen molar-refractivity contribution in [3.05, 3.63) is 73.6 Å². The number of anilines is 1. The molecule has 7 nitrogen and oxygen atoms in total. The number of allylic oxidation sites excluding steroid dienone is 2. The monoisotopic (exact) mass is 536 g/mol. The zero-order chi connectivity index (χ0) is 23.0. The number of ether oxygens (including phenoxy) is 2. The second-order valence-corrected chi connectivity index (χ2v) is 8.91. The lowest BCUT2D eigenvalue weighted by Crippen LogP contribution is -2.27.